The van der Waals surface area contributed by atoms with Crippen molar-refractivity contribution in [1.82, 2.24) is 15.1 Å². The minimum absolute atomic E-state index is 0.103. The van der Waals surface area contributed by atoms with Crippen molar-refractivity contribution >= 4 is 16.9 Å². The molecule has 1 aromatic carbocycles. The molecule has 3 rings (SSSR count). The van der Waals surface area contributed by atoms with Gasteiger partial charge in [-0.3, -0.25) is 9.59 Å². The van der Waals surface area contributed by atoms with Gasteiger partial charge in [0.2, 0.25) is 11.7 Å². The average Bonchev–Trinajstić information content (AvgIpc) is 2.95. The van der Waals surface area contributed by atoms with E-state index >= 15 is 0 Å². The maximum atomic E-state index is 12.2. The zero-order chi connectivity index (χ0) is 16.6. The number of hydrogen-bond acceptors (Lipinski definition) is 5. The number of H-pyrrole nitrogens is 1. The molecule has 0 atom stereocenters. The van der Waals surface area contributed by atoms with Crippen molar-refractivity contribution in [2.75, 3.05) is 0 Å². The molecule has 0 fully saturated rings. The Kier molecular flexibility index (Phi) is 3.69. The fourth-order valence-electron chi connectivity index (χ4n) is 2.32. The summed E-state index contributed by atoms with van der Waals surface area (Å²) in [7, 11) is 0. The van der Waals surface area contributed by atoms with Crippen LogP contribution in [0.3, 0.4) is 0 Å². The molecule has 0 bridgehead atoms. The highest BCUT2D eigenvalue weighted by Crippen LogP contribution is 2.20. The van der Waals surface area contributed by atoms with E-state index in [4.69, 9.17) is 9.63 Å². The molecule has 2 aromatic heterocycles. The SMILES string of the molecule is Cc1cc2cc(-c3noc(CCC(=O)O)n3)c(=O)[nH]c2cc1C. The van der Waals surface area contributed by atoms with E-state index in [1.807, 2.05) is 26.0 Å². The average molecular weight is 313 g/mol. The third-order valence-electron chi connectivity index (χ3n) is 3.72. The van der Waals surface area contributed by atoms with Gasteiger partial charge in [0.15, 0.2) is 0 Å². The maximum absolute atomic E-state index is 12.2. The molecule has 0 radical (unpaired) electrons. The quantitative estimate of drug-likeness (QED) is 0.764. The van der Waals surface area contributed by atoms with Gasteiger partial charge < -0.3 is 14.6 Å². The van der Waals surface area contributed by atoms with Crippen LogP contribution in [-0.2, 0) is 11.2 Å². The number of carboxylic acid groups (broad SMARTS) is 1. The second-order valence-corrected chi connectivity index (χ2v) is 5.44. The van der Waals surface area contributed by atoms with E-state index in [0.29, 0.717) is 5.56 Å². The summed E-state index contributed by atoms with van der Waals surface area (Å²) in [5.41, 5.74) is 2.94. The van der Waals surface area contributed by atoms with Gasteiger partial charge in [-0.25, -0.2) is 0 Å². The minimum atomic E-state index is -0.945. The molecule has 0 aliphatic carbocycles. The lowest BCUT2D eigenvalue weighted by molar-refractivity contribution is -0.137. The van der Waals surface area contributed by atoms with Crippen LogP contribution in [-0.4, -0.2) is 26.2 Å². The van der Waals surface area contributed by atoms with Crippen molar-refractivity contribution in [3.8, 4) is 11.4 Å². The van der Waals surface area contributed by atoms with Crippen LogP contribution < -0.4 is 5.56 Å². The number of carbonyl (C=O) groups is 1. The topological polar surface area (TPSA) is 109 Å². The highest BCUT2D eigenvalue weighted by atomic mass is 16.5. The number of nitrogens with one attached hydrogen (secondary N) is 1. The zero-order valence-corrected chi connectivity index (χ0v) is 12.7. The highest BCUT2D eigenvalue weighted by Gasteiger charge is 2.14. The number of aryl methyl sites for hydroxylation is 3. The molecule has 2 N–H and O–H groups in total. The monoisotopic (exact) mass is 313 g/mol. The van der Waals surface area contributed by atoms with Crippen molar-refractivity contribution in [2.24, 2.45) is 0 Å². The summed E-state index contributed by atoms with van der Waals surface area (Å²) < 4.78 is 5.00. The third-order valence-corrected chi connectivity index (χ3v) is 3.72. The smallest absolute Gasteiger partial charge is 0.303 e. The number of nitrogens with zero attached hydrogens (tertiary/aromatic N) is 2. The Balaban J connectivity index is 2.02. The van der Waals surface area contributed by atoms with E-state index in [-0.39, 0.29) is 30.1 Å². The number of aliphatic carboxylic acids is 1. The summed E-state index contributed by atoms with van der Waals surface area (Å²) in [6.45, 7) is 3.98. The molecule has 23 heavy (non-hydrogen) atoms. The highest BCUT2D eigenvalue weighted by molar-refractivity contribution is 5.83. The van der Waals surface area contributed by atoms with Gasteiger partial charge in [0, 0.05) is 11.9 Å². The first kappa shape index (κ1) is 15.0. The number of hydrogen-bond donors (Lipinski definition) is 2. The van der Waals surface area contributed by atoms with Crippen molar-refractivity contribution in [2.45, 2.75) is 26.7 Å². The summed E-state index contributed by atoms with van der Waals surface area (Å²) in [5.74, 6) is -0.590. The molecule has 118 valence electrons. The second-order valence-electron chi connectivity index (χ2n) is 5.44. The summed E-state index contributed by atoms with van der Waals surface area (Å²) in [5, 5.41) is 13.3. The first-order chi connectivity index (χ1) is 10.9. The first-order valence-corrected chi connectivity index (χ1v) is 7.13. The van der Waals surface area contributed by atoms with E-state index < -0.39 is 5.97 Å². The van der Waals surface area contributed by atoms with Gasteiger partial charge in [-0.15, -0.1) is 0 Å². The predicted octanol–water partition coefficient (Wildman–Crippen LogP) is 2.21. The number of benzene rings is 1. The zero-order valence-electron chi connectivity index (χ0n) is 12.7. The Labute approximate surface area is 131 Å². The van der Waals surface area contributed by atoms with Crippen LogP contribution in [0.2, 0.25) is 0 Å². The fraction of sp³-hybridized carbons (Fsp3) is 0.250. The van der Waals surface area contributed by atoms with Gasteiger partial charge in [-0.1, -0.05) is 5.16 Å². The van der Waals surface area contributed by atoms with E-state index in [2.05, 4.69) is 15.1 Å². The molecule has 3 aromatic rings. The lowest BCUT2D eigenvalue weighted by atomic mass is 10.0. The molecule has 0 amide bonds. The number of pyridine rings is 1. The Hall–Kier alpha value is -2.96. The molecule has 0 aliphatic rings. The normalized spacial score (nSPS) is 11.0. The lowest BCUT2D eigenvalue weighted by Gasteiger charge is -2.04. The number of fused-ring (bicyclic) bond motifs is 1. The van der Waals surface area contributed by atoms with Crippen LogP contribution in [0.4, 0.5) is 0 Å². The number of aromatic nitrogens is 3. The van der Waals surface area contributed by atoms with E-state index in [9.17, 15) is 9.59 Å². The molecular weight excluding hydrogens is 298 g/mol. The van der Waals surface area contributed by atoms with Crippen LogP contribution in [0.5, 0.6) is 0 Å². The fourth-order valence-corrected chi connectivity index (χ4v) is 2.32. The van der Waals surface area contributed by atoms with Crippen molar-refractivity contribution in [1.29, 1.82) is 0 Å². The van der Waals surface area contributed by atoms with Crippen molar-refractivity contribution in [3.05, 3.63) is 45.6 Å². The molecular formula is C16H15N3O4. The Bertz CT molecular complexity index is 956. The van der Waals surface area contributed by atoms with Gasteiger partial charge in [0.05, 0.1) is 12.0 Å². The second kappa shape index (κ2) is 5.68. The van der Waals surface area contributed by atoms with Crippen molar-refractivity contribution in [3.63, 3.8) is 0 Å². The predicted molar refractivity (Wildman–Crippen MR) is 83.3 cm³/mol. The standard InChI is InChI=1S/C16H15N3O4/c1-8-5-10-7-11(16(22)17-12(10)6-9(8)2)15-18-13(23-19-15)3-4-14(20)21/h5-7H,3-4H2,1-2H3,(H,17,22)(H,20,21). The number of carboxylic acids is 1. The van der Waals surface area contributed by atoms with Crippen LogP contribution >= 0.6 is 0 Å². The molecule has 0 spiro atoms. The van der Waals surface area contributed by atoms with E-state index in [1.54, 1.807) is 6.07 Å². The largest absolute Gasteiger partial charge is 0.481 e. The van der Waals surface area contributed by atoms with Crippen LogP contribution in [0.25, 0.3) is 22.3 Å². The molecule has 2 heterocycles. The van der Waals surface area contributed by atoms with Gasteiger partial charge in [-0.2, -0.15) is 4.98 Å². The third kappa shape index (κ3) is 2.98. The van der Waals surface area contributed by atoms with Crippen LogP contribution in [0, 0.1) is 13.8 Å². The molecule has 0 saturated carbocycles. The Morgan fingerprint density at radius 1 is 1.26 bits per heavy atom. The molecule has 7 nitrogen and oxygen atoms in total. The first-order valence-electron chi connectivity index (χ1n) is 7.13. The van der Waals surface area contributed by atoms with Crippen molar-refractivity contribution < 1.29 is 14.4 Å². The molecule has 0 aliphatic heterocycles. The summed E-state index contributed by atoms with van der Waals surface area (Å²) in [6, 6.07) is 5.62. The Morgan fingerprint density at radius 3 is 2.74 bits per heavy atom. The summed E-state index contributed by atoms with van der Waals surface area (Å²) >= 11 is 0. The van der Waals surface area contributed by atoms with Crippen LogP contribution in [0.15, 0.2) is 27.5 Å². The van der Waals surface area contributed by atoms with E-state index in [1.165, 1.54) is 0 Å². The molecule has 0 saturated heterocycles. The Morgan fingerprint density at radius 2 is 2.00 bits per heavy atom. The maximum Gasteiger partial charge on any atom is 0.303 e. The van der Waals surface area contributed by atoms with Gasteiger partial charge >= 0.3 is 5.97 Å². The van der Waals surface area contributed by atoms with Gasteiger partial charge in [0.25, 0.3) is 5.56 Å². The molecule has 7 heteroatoms. The van der Waals surface area contributed by atoms with Gasteiger partial charge in [0.1, 0.15) is 0 Å². The summed E-state index contributed by atoms with van der Waals surface area (Å²) in [4.78, 5) is 29.7. The minimum Gasteiger partial charge on any atom is -0.481 e. The van der Waals surface area contributed by atoms with Crippen LogP contribution in [0.1, 0.15) is 23.4 Å². The molecule has 0 unspecified atom stereocenters. The summed E-state index contributed by atoms with van der Waals surface area (Å²) in [6.07, 6.45) is 0.0281. The van der Waals surface area contributed by atoms with Gasteiger partial charge in [-0.05, 0) is 48.6 Å². The number of rotatable bonds is 4. The number of aromatic amines is 1. The lowest BCUT2D eigenvalue weighted by Crippen LogP contribution is -2.09. The van der Waals surface area contributed by atoms with E-state index in [0.717, 1.165) is 22.0 Å².